The van der Waals surface area contributed by atoms with E-state index in [4.69, 9.17) is 20.4 Å². The van der Waals surface area contributed by atoms with Crippen LogP contribution in [0.4, 0.5) is 5.00 Å². The lowest BCUT2D eigenvalue weighted by Crippen LogP contribution is -2.12. The molecule has 2 aromatic carbocycles. The van der Waals surface area contributed by atoms with Gasteiger partial charge in [-0.15, -0.1) is 11.3 Å². The summed E-state index contributed by atoms with van der Waals surface area (Å²) in [5, 5.41) is 17.0. The zero-order chi connectivity index (χ0) is 22.1. The van der Waals surface area contributed by atoms with Crippen molar-refractivity contribution in [2.24, 2.45) is 10.9 Å². The summed E-state index contributed by atoms with van der Waals surface area (Å²) in [5.74, 6) is 1.72. The number of amidine groups is 1. The van der Waals surface area contributed by atoms with Crippen molar-refractivity contribution < 1.29 is 14.7 Å². The SMILES string of the molecule is CNc1sc(C)nc1-c1ccc(OCCCCCOc2ccc(/C(N)=N\O)cc2)cc1. The lowest BCUT2D eigenvalue weighted by Gasteiger charge is -2.09. The lowest BCUT2D eigenvalue weighted by atomic mass is 10.1. The molecule has 8 heteroatoms. The van der Waals surface area contributed by atoms with Crippen molar-refractivity contribution in [1.29, 1.82) is 0 Å². The zero-order valence-corrected chi connectivity index (χ0v) is 18.6. The Morgan fingerprint density at radius 1 is 1.00 bits per heavy atom. The van der Waals surface area contributed by atoms with E-state index in [1.807, 2.05) is 50.4 Å². The van der Waals surface area contributed by atoms with E-state index in [9.17, 15) is 0 Å². The molecule has 0 spiro atoms. The van der Waals surface area contributed by atoms with Crippen LogP contribution < -0.4 is 20.5 Å². The standard InChI is InChI=1S/C23H28N4O3S/c1-16-26-21(23(25-2)31-16)17-6-10-19(11-7-17)29-14-4-3-5-15-30-20-12-8-18(9-13-20)22(24)27-28/h6-13,25,28H,3-5,14-15H2,1-2H3,(H2,24,27). The van der Waals surface area contributed by atoms with Crippen LogP contribution in [0.15, 0.2) is 53.7 Å². The number of nitrogens with one attached hydrogen (secondary N) is 1. The number of nitrogens with zero attached hydrogens (tertiary/aromatic N) is 2. The zero-order valence-electron chi connectivity index (χ0n) is 17.8. The van der Waals surface area contributed by atoms with E-state index >= 15 is 0 Å². The molecule has 0 fully saturated rings. The largest absolute Gasteiger partial charge is 0.494 e. The summed E-state index contributed by atoms with van der Waals surface area (Å²) in [5.41, 5.74) is 8.26. The van der Waals surface area contributed by atoms with Gasteiger partial charge >= 0.3 is 0 Å². The molecule has 3 rings (SSSR count). The Morgan fingerprint density at radius 3 is 2.13 bits per heavy atom. The highest BCUT2D eigenvalue weighted by Crippen LogP contribution is 2.33. The molecule has 1 heterocycles. The van der Waals surface area contributed by atoms with Gasteiger partial charge in [-0.1, -0.05) is 5.16 Å². The number of rotatable bonds is 11. The van der Waals surface area contributed by atoms with Crippen molar-refractivity contribution >= 4 is 22.2 Å². The van der Waals surface area contributed by atoms with Crippen LogP contribution in [0.1, 0.15) is 29.8 Å². The van der Waals surface area contributed by atoms with Gasteiger partial charge in [0, 0.05) is 18.2 Å². The van der Waals surface area contributed by atoms with Gasteiger partial charge in [-0.05, 0) is 74.7 Å². The van der Waals surface area contributed by atoms with E-state index in [0.29, 0.717) is 18.8 Å². The minimum atomic E-state index is 0.0853. The van der Waals surface area contributed by atoms with Gasteiger partial charge in [0.2, 0.25) is 0 Å². The molecule has 1 aromatic heterocycles. The number of ether oxygens (including phenoxy) is 2. The van der Waals surface area contributed by atoms with E-state index in [1.165, 1.54) is 0 Å². The molecule has 0 saturated carbocycles. The van der Waals surface area contributed by atoms with Crippen LogP contribution in [0.2, 0.25) is 0 Å². The topological polar surface area (TPSA) is 102 Å². The minimum absolute atomic E-state index is 0.0853. The van der Waals surface area contributed by atoms with E-state index in [0.717, 1.165) is 52.0 Å². The first-order chi connectivity index (χ1) is 15.1. The highest BCUT2D eigenvalue weighted by molar-refractivity contribution is 7.16. The monoisotopic (exact) mass is 440 g/mol. The number of aryl methyl sites for hydroxylation is 1. The molecule has 0 atom stereocenters. The average molecular weight is 441 g/mol. The maximum Gasteiger partial charge on any atom is 0.170 e. The van der Waals surface area contributed by atoms with Crippen molar-refractivity contribution in [2.45, 2.75) is 26.2 Å². The summed E-state index contributed by atoms with van der Waals surface area (Å²) in [6.07, 6.45) is 2.92. The summed E-state index contributed by atoms with van der Waals surface area (Å²) in [6, 6.07) is 15.2. The fraction of sp³-hybridized carbons (Fsp3) is 0.304. The van der Waals surface area contributed by atoms with Crippen LogP contribution in [0, 0.1) is 6.92 Å². The van der Waals surface area contributed by atoms with Crippen molar-refractivity contribution in [2.75, 3.05) is 25.6 Å². The summed E-state index contributed by atoms with van der Waals surface area (Å²) in [4.78, 5) is 4.61. The third-order valence-electron chi connectivity index (χ3n) is 4.67. The Hall–Kier alpha value is -3.26. The second-order valence-corrected chi connectivity index (χ2v) is 8.16. The summed E-state index contributed by atoms with van der Waals surface area (Å²) < 4.78 is 11.6. The molecule has 0 saturated heterocycles. The van der Waals surface area contributed by atoms with Crippen LogP contribution in [0.5, 0.6) is 11.5 Å². The Bertz CT molecular complexity index is 985. The second-order valence-electron chi connectivity index (χ2n) is 6.95. The Kier molecular flexibility index (Phi) is 8.12. The molecular weight excluding hydrogens is 412 g/mol. The Morgan fingerprint density at radius 2 is 1.58 bits per heavy atom. The fourth-order valence-corrected chi connectivity index (χ4v) is 3.84. The van der Waals surface area contributed by atoms with Gasteiger partial charge in [0.15, 0.2) is 5.84 Å². The molecule has 0 aliphatic carbocycles. The first-order valence-electron chi connectivity index (χ1n) is 10.2. The maximum absolute atomic E-state index is 8.67. The van der Waals surface area contributed by atoms with Crippen molar-refractivity contribution in [3.8, 4) is 22.8 Å². The summed E-state index contributed by atoms with van der Waals surface area (Å²) in [7, 11) is 1.92. The molecule has 0 amide bonds. The second kappa shape index (κ2) is 11.2. The number of benzene rings is 2. The number of hydrogen-bond donors (Lipinski definition) is 3. The van der Waals surface area contributed by atoms with Crippen LogP contribution in [-0.4, -0.2) is 36.3 Å². The molecule has 0 radical (unpaired) electrons. The predicted molar refractivity (Wildman–Crippen MR) is 126 cm³/mol. The van der Waals surface area contributed by atoms with Gasteiger partial charge < -0.3 is 25.7 Å². The van der Waals surface area contributed by atoms with E-state index in [-0.39, 0.29) is 5.84 Å². The average Bonchev–Trinajstić information content (AvgIpc) is 3.19. The van der Waals surface area contributed by atoms with E-state index in [1.54, 1.807) is 23.5 Å². The van der Waals surface area contributed by atoms with Crippen molar-refractivity contribution in [1.82, 2.24) is 4.98 Å². The Balaban J connectivity index is 1.34. The predicted octanol–water partition coefficient (Wildman–Crippen LogP) is 4.88. The summed E-state index contributed by atoms with van der Waals surface area (Å²) >= 11 is 1.66. The van der Waals surface area contributed by atoms with E-state index < -0.39 is 0 Å². The molecule has 4 N–H and O–H groups in total. The molecule has 31 heavy (non-hydrogen) atoms. The number of unbranched alkanes of at least 4 members (excludes halogenated alkanes) is 2. The number of oxime groups is 1. The third-order valence-corrected chi connectivity index (χ3v) is 5.66. The van der Waals surface area contributed by atoms with Crippen LogP contribution in [0.25, 0.3) is 11.3 Å². The minimum Gasteiger partial charge on any atom is -0.494 e. The van der Waals surface area contributed by atoms with Gasteiger partial charge in [-0.25, -0.2) is 4.98 Å². The maximum atomic E-state index is 8.67. The van der Waals surface area contributed by atoms with Crippen LogP contribution in [0.3, 0.4) is 0 Å². The van der Waals surface area contributed by atoms with Gasteiger partial charge in [0.05, 0.1) is 18.2 Å². The van der Waals surface area contributed by atoms with Gasteiger partial charge in [0.25, 0.3) is 0 Å². The van der Waals surface area contributed by atoms with Crippen molar-refractivity contribution in [3.63, 3.8) is 0 Å². The molecule has 3 aromatic rings. The van der Waals surface area contributed by atoms with Gasteiger partial charge in [0.1, 0.15) is 22.2 Å². The first-order valence-corrected chi connectivity index (χ1v) is 11.0. The first kappa shape index (κ1) is 22.4. The molecule has 7 nitrogen and oxygen atoms in total. The van der Waals surface area contributed by atoms with E-state index in [2.05, 4.69) is 15.5 Å². The smallest absolute Gasteiger partial charge is 0.170 e. The molecule has 0 aliphatic heterocycles. The lowest BCUT2D eigenvalue weighted by molar-refractivity contribution is 0.279. The highest BCUT2D eigenvalue weighted by Gasteiger charge is 2.10. The van der Waals surface area contributed by atoms with Gasteiger partial charge in [-0.3, -0.25) is 0 Å². The normalized spacial score (nSPS) is 11.4. The molecule has 0 unspecified atom stereocenters. The van der Waals surface area contributed by atoms with Gasteiger partial charge in [-0.2, -0.15) is 0 Å². The third kappa shape index (κ3) is 6.36. The number of thiazole rings is 1. The summed E-state index contributed by atoms with van der Waals surface area (Å²) in [6.45, 7) is 3.32. The Labute approximate surface area is 186 Å². The molecular formula is C23H28N4O3S. The molecule has 0 bridgehead atoms. The number of nitrogens with two attached hydrogens (primary N) is 1. The number of hydrogen-bond acceptors (Lipinski definition) is 7. The molecule has 0 aliphatic rings. The van der Waals surface area contributed by atoms with Crippen molar-refractivity contribution in [3.05, 3.63) is 59.1 Å². The fourth-order valence-electron chi connectivity index (χ4n) is 3.04. The number of anilines is 1. The van der Waals surface area contributed by atoms with Crippen LogP contribution in [-0.2, 0) is 0 Å². The number of aromatic nitrogens is 1. The van der Waals surface area contributed by atoms with Crippen LogP contribution >= 0.6 is 11.3 Å². The quantitative estimate of drug-likeness (QED) is 0.129. The molecule has 164 valence electrons. The highest BCUT2D eigenvalue weighted by atomic mass is 32.1.